The summed E-state index contributed by atoms with van der Waals surface area (Å²) < 4.78 is 0.787. The minimum atomic E-state index is -1.54. The molecule has 0 atom stereocenters. The van der Waals surface area contributed by atoms with Gasteiger partial charge < -0.3 is 15.3 Å². The molecule has 18 heavy (non-hydrogen) atoms. The molecular formula is C9H5N3O6. The fourth-order valence-electron chi connectivity index (χ4n) is 1.64. The zero-order valence-corrected chi connectivity index (χ0v) is 8.62. The lowest BCUT2D eigenvalue weighted by Crippen LogP contribution is -2.20. The van der Waals surface area contributed by atoms with Crippen molar-refractivity contribution in [3.05, 3.63) is 22.3 Å². The topological polar surface area (TPSA) is 142 Å². The quantitative estimate of drug-likeness (QED) is 0.627. The Labute approximate surface area is 97.6 Å². The first kappa shape index (κ1) is 11.5. The predicted octanol–water partition coefficient (Wildman–Crippen LogP) is -1.05. The summed E-state index contributed by atoms with van der Waals surface area (Å²) in [4.78, 5) is 32.8. The zero-order chi connectivity index (χ0) is 13.6. The first-order chi connectivity index (χ1) is 8.36. The molecule has 0 bridgehead atoms. The summed E-state index contributed by atoms with van der Waals surface area (Å²) in [5.41, 5.74) is -1.59. The van der Waals surface area contributed by atoms with Crippen molar-refractivity contribution >= 4 is 30.1 Å². The molecule has 0 aromatic carbocycles. The fourth-order valence-corrected chi connectivity index (χ4v) is 1.64. The van der Waals surface area contributed by atoms with E-state index in [9.17, 15) is 14.4 Å². The SMILES string of the molecule is C=c1c(C(=O)O)c(C(=O)O)c2nnc(C(=O)O)n12. The van der Waals surface area contributed by atoms with Crippen molar-refractivity contribution in [2.24, 2.45) is 0 Å². The summed E-state index contributed by atoms with van der Waals surface area (Å²) in [5.74, 6) is -5.13. The number of carboxylic acids is 3. The number of carboxylic acid groups (broad SMARTS) is 3. The Kier molecular flexibility index (Phi) is 2.25. The van der Waals surface area contributed by atoms with Crippen LogP contribution in [-0.4, -0.2) is 47.8 Å². The van der Waals surface area contributed by atoms with Gasteiger partial charge in [0, 0.05) is 0 Å². The Hall–Kier alpha value is -2.97. The van der Waals surface area contributed by atoms with E-state index in [1.807, 2.05) is 0 Å². The largest absolute Gasteiger partial charge is 0.478 e. The third kappa shape index (κ3) is 1.30. The van der Waals surface area contributed by atoms with Crippen molar-refractivity contribution in [2.75, 3.05) is 0 Å². The van der Waals surface area contributed by atoms with Crippen LogP contribution in [0.25, 0.3) is 12.2 Å². The molecule has 0 aliphatic carbocycles. The van der Waals surface area contributed by atoms with Gasteiger partial charge in [-0.15, -0.1) is 10.2 Å². The second-order valence-electron chi connectivity index (χ2n) is 3.29. The molecule has 2 rings (SSSR count). The van der Waals surface area contributed by atoms with Gasteiger partial charge in [0.15, 0.2) is 5.65 Å². The lowest BCUT2D eigenvalue weighted by Gasteiger charge is -1.92. The van der Waals surface area contributed by atoms with E-state index >= 15 is 0 Å². The third-order valence-corrected chi connectivity index (χ3v) is 2.31. The molecule has 9 nitrogen and oxygen atoms in total. The van der Waals surface area contributed by atoms with E-state index in [1.54, 1.807) is 0 Å². The van der Waals surface area contributed by atoms with E-state index in [-0.39, 0.29) is 11.0 Å². The van der Waals surface area contributed by atoms with Gasteiger partial charge in [0.1, 0.15) is 11.1 Å². The van der Waals surface area contributed by atoms with Gasteiger partial charge >= 0.3 is 17.9 Å². The molecule has 0 radical (unpaired) electrons. The summed E-state index contributed by atoms with van der Waals surface area (Å²) in [7, 11) is 0. The molecule has 0 unspecified atom stereocenters. The first-order valence-electron chi connectivity index (χ1n) is 4.45. The molecule has 2 aromatic heterocycles. The molecule has 2 aromatic rings. The maximum Gasteiger partial charge on any atom is 0.374 e. The van der Waals surface area contributed by atoms with Gasteiger partial charge in [-0.3, -0.25) is 4.40 Å². The minimum absolute atomic E-state index is 0.294. The van der Waals surface area contributed by atoms with E-state index in [4.69, 9.17) is 15.3 Å². The van der Waals surface area contributed by atoms with Crippen molar-refractivity contribution in [1.82, 2.24) is 14.6 Å². The Morgan fingerprint density at radius 2 is 1.50 bits per heavy atom. The number of hydrogen-bond acceptors (Lipinski definition) is 5. The summed E-state index contributed by atoms with van der Waals surface area (Å²) >= 11 is 0. The zero-order valence-electron chi connectivity index (χ0n) is 8.62. The number of rotatable bonds is 3. The smallest absolute Gasteiger partial charge is 0.374 e. The molecule has 2 heterocycles. The average Bonchev–Trinajstić information content (AvgIpc) is 2.76. The summed E-state index contributed by atoms with van der Waals surface area (Å²) in [6.45, 7) is 3.36. The Balaban J connectivity index is 3.03. The third-order valence-electron chi connectivity index (χ3n) is 2.31. The van der Waals surface area contributed by atoms with Crippen molar-refractivity contribution in [1.29, 1.82) is 0 Å². The van der Waals surface area contributed by atoms with Gasteiger partial charge in [-0.05, 0) is 0 Å². The Morgan fingerprint density at radius 1 is 0.944 bits per heavy atom. The van der Waals surface area contributed by atoms with Crippen LogP contribution in [0.4, 0.5) is 0 Å². The second kappa shape index (κ2) is 3.52. The summed E-state index contributed by atoms with van der Waals surface area (Å²) in [6, 6.07) is 0. The maximum atomic E-state index is 11.0. The molecule has 0 amide bonds. The van der Waals surface area contributed by atoms with Gasteiger partial charge in [-0.25, -0.2) is 14.4 Å². The van der Waals surface area contributed by atoms with E-state index < -0.39 is 34.9 Å². The molecule has 0 aliphatic rings. The van der Waals surface area contributed by atoms with Crippen LogP contribution in [0.1, 0.15) is 31.3 Å². The van der Waals surface area contributed by atoms with Gasteiger partial charge in [0.2, 0.25) is 5.82 Å². The van der Waals surface area contributed by atoms with Crippen molar-refractivity contribution in [3.8, 4) is 0 Å². The molecule has 92 valence electrons. The van der Waals surface area contributed by atoms with Crippen LogP contribution in [0, 0.1) is 0 Å². The molecule has 9 heteroatoms. The maximum absolute atomic E-state index is 11.0. The van der Waals surface area contributed by atoms with Crippen LogP contribution in [0.15, 0.2) is 0 Å². The van der Waals surface area contributed by atoms with E-state index in [0.717, 1.165) is 4.40 Å². The highest BCUT2D eigenvalue weighted by Crippen LogP contribution is 2.14. The highest BCUT2D eigenvalue weighted by atomic mass is 16.4. The van der Waals surface area contributed by atoms with E-state index in [2.05, 4.69) is 16.8 Å². The lowest BCUT2D eigenvalue weighted by atomic mass is 10.2. The van der Waals surface area contributed by atoms with Crippen molar-refractivity contribution in [3.63, 3.8) is 0 Å². The average molecular weight is 251 g/mol. The van der Waals surface area contributed by atoms with Gasteiger partial charge in [0.05, 0.1) is 5.35 Å². The van der Waals surface area contributed by atoms with Crippen LogP contribution >= 0.6 is 0 Å². The second-order valence-corrected chi connectivity index (χ2v) is 3.29. The molecular weight excluding hydrogens is 246 g/mol. The number of aromatic carboxylic acids is 3. The molecule has 0 spiro atoms. The molecule has 0 fully saturated rings. The standard InChI is InChI=1S/C9H5N3O6/c1-2-3(7(13)14)4(8(15)16)5-10-11-6(9(17)18)12(2)5/h1H2,(H,13,14)(H,15,16)(H,17,18). The van der Waals surface area contributed by atoms with Gasteiger partial charge in [-0.2, -0.15) is 0 Å². The lowest BCUT2D eigenvalue weighted by molar-refractivity contribution is 0.0652. The molecule has 0 aliphatic heterocycles. The highest BCUT2D eigenvalue weighted by Gasteiger charge is 2.29. The highest BCUT2D eigenvalue weighted by molar-refractivity contribution is 6.07. The molecule has 0 saturated heterocycles. The predicted molar refractivity (Wildman–Crippen MR) is 54.6 cm³/mol. The fraction of sp³-hybridized carbons (Fsp3) is 0. The van der Waals surface area contributed by atoms with Crippen molar-refractivity contribution < 1.29 is 29.7 Å². The van der Waals surface area contributed by atoms with Gasteiger partial charge in [-0.1, -0.05) is 6.58 Å². The van der Waals surface area contributed by atoms with Crippen LogP contribution in [0.3, 0.4) is 0 Å². The molecule has 0 saturated carbocycles. The number of carbonyl (C=O) groups is 3. The normalized spacial score (nSPS) is 10.7. The Morgan fingerprint density at radius 3 is 1.94 bits per heavy atom. The van der Waals surface area contributed by atoms with E-state index in [1.165, 1.54) is 0 Å². The van der Waals surface area contributed by atoms with Crippen LogP contribution in [0.2, 0.25) is 0 Å². The number of aromatic nitrogens is 3. The van der Waals surface area contributed by atoms with Crippen molar-refractivity contribution in [2.45, 2.75) is 0 Å². The van der Waals surface area contributed by atoms with E-state index in [0.29, 0.717) is 0 Å². The number of fused-ring (bicyclic) bond motifs is 1. The van der Waals surface area contributed by atoms with Crippen LogP contribution < -0.4 is 5.35 Å². The Bertz CT molecular complexity index is 746. The van der Waals surface area contributed by atoms with Gasteiger partial charge in [0.25, 0.3) is 0 Å². The van der Waals surface area contributed by atoms with Crippen LogP contribution in [-0.2, 0) is 0 Å². The number of hydrogen-bond donors (Lipinski definition) is 3. The first-order valence-corrected chi connectivity index (χ1v) is 4.45. The monoisotopic (exact) mass is 251 g/mol. The minimum Gasteiger partial charge on any atom is -0.478 e. The summed E-state index contributed by atoms with van der Waals surface area (Å²) in [6.07, 6.45) is 0. The van der Waals surface area contributed by atoms with Crippen LogP contribution in [0.5, 0.6) is 0 Å². The molecule has 3 N–H and O–H groups in total. The number of nitrogens with zero attached hydrogens (tertiary/aromatic N) is 3. The summed E-state index contributed by atoms with van der Waals surface area (Å²) in [5, 5.41) is 33.1.